The van der Waals surface area contributed by atoms with Gasteiger partial charge < -0.3 is 10.2 Å². The van der Waals surface area contributed by atoms with Crippen LogP contribution in [0, 0.1) is 6.92 Å². The van der Waals surface area contributed by atoms with Gasteiger partial charge in [-0.1, -0.05) is 66.7 Å². The monoisotopic (exact) mass is 553 g/mol. The average Bonchev–Trinajstić information content (AvgIpc) is 2.83. The Morgan fingerprint density at radius 2 is 1.72 bits per heavy atom. The van der Waals surface area contributed by atoms with E-state index >= 15 is 0 Å². The Morgan fingerprint density at radius 1 is 1.06 bits per heavy atom. The summed E-state index contributed by atoms with van der Waals surface area (Å²) in [6, 6.07) is 11.1. The van der Waals surface area contributed by atoms with E-state index in [2.05, 4.69) is 5.32 Å². The van der Waals surface area contributed by atoms with Crippen LogP contribution in [0.2, 0.25) is 10.0 Å². The van der Waals surface area contributed by atoms with Gasteiger partial charge in [0.25, 0.3) is 0 Å². The second-order valence-corrected chi connectivity index (χ2v) is 12.1. The van der Waals surface area contributed by atoms with Gasteiger partial charge in [-0.3, -0.25) is 13.9 Å². The van der Waals surface area contributed by atoms with Gasteiger partial charge in [-0.2, -0.15) is 0 Å². The van der Waals surface area contributed by atoms with Crippen molar-refractivity contribution in [2.45, 2.75) is 64.6 Å². The number of amides is 2. The number of sulfonamides is 1. The van der Waals surface area contributed by atoms with Gasteiger partial charge in [0.1, 0.15) is 12.6 Å². The van der Waals surface area contributed by atoms with Crippen molar-refractivity contribution in [1.29, 1.82) is 0 Å². The largest absolute Gasteiger partial charge is 0.352 e. The minimum absolute atomic E-state index is 0.0595. The second-order valence-electron chi connectivity index (χ2n) is 9.34. The Morgan fingerprint density at radius 3 is 2.33 bits per heavy atom. The van der Waals surface area contributed by atoms with Gasteiger partial charge in [-0.15, -0.1) is 0 Å². The van der Waals surface area contributed by atoms with Gasteiger partial charge in [0.05, 0.1) is 11.9 Å². The molecule has 0 heterocycles. The lowest BCUT2D eigenvalue weighted by Gasteiger charge is -2.33. The Labute approximate surface area is 223 Å². The first kappa shape index (κ1) is 28.3. The van der Waals surface area contributed by atoms with Crippen LogP contribution < -0.4 is 9.62 Å². The maximum Gasteiger partial charge on any atom is 0.244 e. The Bertz CT molecular complexity index is 1200. The maximum atomic E-state index is 13.6. The van der Waals surface area contributed by atoms with E-state index in [0.717, 1.165) is 48.2 Å². The van der Waals surface area contributed by atoms with Crippen LogP contribution in [0.1, 0.15) is 50.2 Å². The van der Waals surface area contributed by atoms with Crippen LogP contribution in [-0.2, 0) is 26.2 Å². The Kier molecular flexibility index (Phi) is 9.66. The first-order chi connectivity index (χ1) is 17.0. The van der Waals surface area contributed by atoms with E-state index < -0.39 is 28.5 Å². The molecule has 2 amide bonds. The minimum atomic E-state index is -3.83. The molecule has 1 aliphatic rings. The number of halogens is 2. The fourth-order valence-corrected chi connectivity index (χ4v) is 5.52. The highest BCUT2D eigenvalue weighted by Crippen LogP contribution is 2.26. The van der Waals surface area contributed by atoms with E-state index in [1.165, 1.54) is 11.0 Å². The molecule has 1 saturated carbocycles. The summed E-state index contributed by atoms with van der Waals surface area (Å²) < 4.78 is 26.4. The summed E-state index contributed by atoms with van der Waals surface area (Å²) in [5.74, 6) is -0.796. The third kappa shape index (κ3) is 7.37. The fraction of sp³-hybridized carbons (Fsp3) is 0.462. The van der Waals surface area contributed by atoms with Gasteiger partial charge in [0.2, 0.25) is 21.8 Å². The van der Waals surface area contributed by atoms with Crippen LogP contribution in [-0.4, -0.2) is 50.0 Å². The van der Waals surface area contributed by atoms with Crippen molar-refractivity contribution in [3.05, 3.63) is 63.6 Å². The van der Waals surface area contributed by atoms with Crippen LogP contribution in [0.15, 0.2) is 42.5 Å². The molecule has 0 aromatic heterocycles. The molecular formula is C26H33Cl2N3O4S. The van der Waals surface area contributed by atoms with E-state index in [-0.39, 0.29) is 24.2 Å². The first-order valence-corrected chi connectivity index (χ1v) is 14.6. The van der Waals surface area contributed by atoms with Crippen molar-refractivity contribution < 1.29 is 18.0 Å². The molecule has 2 aromatic carbocycles. The molecule has 1 atom stereocenters. The molecular weight excluding hydrogens is 521 g/mol. The predicted octanol–water partition coefficient (Wildman–Crippen LogP) is 4.93. The van der Waals surface area contributed by atoms with Crippen molar-refractivity contribution in [3.63, 3.8) is 0 Å². The summed E-state index contributed by atoms with van der Waals surface area (Å²) >= 11 is 12.6. The van der Waals surface area contributed by atoms with Gasteiger partial charge in [0.15, 0.2) is 0 Å². The molecule has 2 aromatic rings. The molecule has 7 nitrogen and oxygen atoms in total. The van der Waals surface area contributed by atoms with Gasteiger partial charge in [0, 0.05) is 22.6 Å². The molecule has 3 rings (SSSR count). The van der Waals surface area contributed by atoms with E-state index in [1.54, 1.807) is 50.2 Å². The summed E-state index contributed by atoms with van der Waals surface area (Å²) in [6.07, 6.45) is 6.13. The number of benzene rings is 2. The molecule has 0 saturated heterocycles. The zero-order valence-corrected chi connectivity index (χ0v) is 23.2. The Balaban J connectivity index is 1.89. The zero-order chi connectivity index (χ0) is 26.5. The quantitative estimate of drug-likeness (QED) is 0.476. The number of carbonyl (C=O) groups excluding carboxylic acids is 2. The van der Waals surface area contributed by atoms with Crippen LogP contribution >= 0.6 is 23.2 Å². The highest BCUT2D eigenvalue weighted by Gasteiger charge is 2.31. The number of anilines is 1. The summed E-state index contributed by atoms with van der Waals surface area (Å²) in [7, 11) is -3.83. The van der Waals surface area contributed by atoms with Crippen molar-refractivity contribution >= 4 is 50.7 Å². The summed E-state index contributed by atoms with van der Waals surface area (Å²) in [4.78, 5) is 28.2. The van der Waals surface area contributed by atoms with Crippen LogP contribution in [0.4, 0.5) is 5.69 Å². The zero-order valence-electron chi connectivity index (χ0n) is 20.8. The molecule has 0 bridgehead atoms. The normalized spacial score (nSPS) is 15.2. The lowest BCUT2D eigenvalue weighted by Crippen LogP contribution is -2.53. The molecule has 1 fully saturated rings. The van der Waals surface area contributed by atoms with Crippen molar-refractivity contribution in [1.82, 2.24) is 10.2 Å². The average molecular weight is 555 g/mol. The SMILES string of the molecule is Cc1ccc(N(CC(=O)N(Cc2ccccc2Cl)[C@@H](C)C(=O)NC2CCCCC2)S(C)(=O)=O)cc1Cl. The van der Waals surface area contributed by atoms with Crippen LogP contribution in [0.25, 0.3) is 0 Å². The number of rotatable bonds is 9. The highest BCUT2D eigenvalue weighted by atomic mass is 35.5. The predicted molar refractivity (Wildman–Crippen MR) is 145 cm³/mol. The van der Waals surface area contributed by atoms with Crippen LogP contribution in [0.5, 0.6) is 0 Å². The summed E-state index contributed by atoms with van der Waals surface area (Å²) in [5.41, 5.74) is 1.72. The third-order valence-electron chi connectivity index (χ3n) is 6.54. The lowest BCUT2D eigenvalue weighted by molar-refractivity contribution is -0.139. The van der Waals surface area contributed by atoms with E-state index in [4.69, 9.17) is 23.2 Å². The smallest absolute Gasteiger partial charge is 0.244 e. The van der Waals surface area contributed by atoms with E-state index in [9.17, 15) is 18.0 Å². The molecule has 1 aliphatic carbocycles. The van der Waals surface area contributed by atoms with Crippen molar-refractivity contribution in [3.8, 4) is 0 Å². The number of hydrogen-bond acceptors (Lipinski definition) is 4. The van der Waals surface area contributed by atoms with E-state index in [0.29, 0.717) is 15.6 Å². The molecule has 0 spiro atoms. The maximum absolute atomic E-state index is 13.6. The van der Waals surface area contributed by atoms with Crippen molar-refractivity contribution in [2.75, 3.05) is 17.1 Å². The van der Waals surface area contributed by atoms with E-state index in [1.807, 2.05) is 0 Å². The molecule has 0 unspecified atom stereocenters. The van der Waals surface area contributed by atoms with Crippen molar-refractivity contribution in [2.24, 2.45) is 0 Å². The molecule has 196 valence electrons. The number of carbonyl (C=O) groups is 2. The summed E-state index contributed by atoms with van der Waals surface area (Å²) in [5, 5.41) is 3.92. The topological polar surface area (TPSA) is 86.8 Å². The molecule has 36 heavy (non-hydrogen) atoms. The van der Waals surface area contributed by atoms with Crippen LogP contribution in [0.3, 0.4) is 0 Å². The third-order valence-corrected chi connectivity index (χ3v) is 8.46. The van der Waals surface area contributed by atoms with Gasteiger partial charge in [-0.25, -0.2) is 8.42 Å². The standard InChI is InChI=1S/C26H33Cl2N3O4S/c1-18-13-14-22(15-24(18)28)31(36(3,34)35)17-25(32)30(16-20-9-7-8-12-23(20)27)19(2)26(33)29-21-10-5-4-6-11-21/h7-9,12-15,19,21H,4-6,10-11,16-17H2,1-3H3,(H,29,33)/t19-/m0/s1. The first-order valence-electron chi connectivity index (χ1n) is 12.0. The Hall–Kier alpha value is -2.29. The highest BCUT2D eigenvalue weighted by molar-refractivity contribution is 7.92. The van der Waals surface area contributed by atoms with Gasteiger partial charge in [-0.05, 0) is 56.0 Å². The number of hydrogen-bond donors (Lipinski definition) is 1. The minimum Gasteiger partial charge on any atom is -0.352 e. The molecule has 10 heteroatoms. The lowest BCUT2D eigenvalue weighted by atomic mass is 9.95. The fourth-order valence-electron chi connectivity index (χ4n) is 4.31. The van der Waals surface area contributed by atoms with Gasteiger partial charge >= 0.3 is 0 Å². The molecule has 1 N–H and O–H groups in total. The number of aryl methyl sites for hydroxylation is 1. The number of nitrogens with zero attached hydrogens (tertiary/aromatic N) is 2. The summed E-state index contributed by atoms with van der Waals surface area (Å²) in [6.45, 7) is 3.04. The second kappa shape index (κ2) is 12.3. The molecule has 0 radical (unpaired) electrons. The number of nitrogens with one attached hydrogen (secondary N) is 1. The molecule has 0 aliphatic heterocycles.